The van der Waals surface area contributed by atoms with Gasteiger partial charge in [-0.05, 0) is 89.6 Å². The Morgan fingerprint density at radius 3 is 2.29 bits per heavy atom. The van der Waals surface area contributed by atoms with Crippen molar-refractivity contribution in [1.29, 1.82) is 0 Å². The molecule has 124 valence electrons. The summed E-state index contributed by atoms with van der Waals surface area (Å²) in [5.41, 5.74) is 0. The predicted octanol–water partition coefficient (Wildman–Crippen LogP) is 4.73. The van der Waals surface area contributed by atoms with E-state index in [0.29, 0.717) is 12.2 Å². The highest BCUT2D eigenvalue weighted by molar-refractivity contribution is 4.78. The molecule has 2 fully saturated rings. The van der Waals surface area contributed by atoms with Crippen LogP contribution in [0.2, 0.25) is 0 Å². The van der Waals surface area contributed by atoms with E-state index in [4.69, 9.17) is 4.74 Å². The van der Waals surface area contributed by atoms with Gasteiger partial charge in [-0.25, -0.2) is 0 Å². The van der Waals surface area contributed by atoms with E-state index < -0.39 is 0 Å². The Balaban J connectivity index is 1.54. The molecule has 0 amide bonds. The molecule has 1 aliphatic heterocycles. The van der Waals surface area contributed by atoms with Crippen LogP contribution in [0.3, 0.4) is 0 Å². The van der Waals surface area contributed by atoms with Gasteiger partial charge in [0, 0.05) is 6.54 Å². The molecule has 0 aromatic rings. The van der Waals surface area contributed by atoms with E-state index >= 15 is 0 Å². The lowest BCUT2D eigenvalue weighted by molar-refractivity contribution is -0.0204. The summed E-state index contributed by atoms with van der Waals surface area (Å²) < 4.78 is 5.95. The molecule has 0 aromatic heterocycles. The molecular formula is C19H37NO. The van der Waals surface area contributed by atoms with Gasteiger partial charge >= 0.3 is 0 Å². The Morgan fingerprint density at radius 1 is 1.00 bits per heavy atom. The molecule has 21 heavy (non-hydrogen) atoms. The van der Waals surface area contributed by atoms with E-state index in [9.17, 15) is 0 Å². The maximum absolute atomic E-state index is 5.95. The molecule has 1 atom stereocenters. The van der Waals surface area contributed by atoms with Gasteiger partial charge in [-0.3, -0.25) is 0 Å². The smallest absolute Gasteiger partial charge is 0.0578 e. The molecule has 1 saturated carbocycles. The van der Waals surface area contributed by atoms with Crippen molar-refractivity contribution >= 4 is 0 Å². The van der Waals surface area contributed by atoms with Gasteiger partial charge < -0.3 is 9.64 Å². The summed E-state index contributed by atoms with van der Waals surface area (Å²) in [6.07, 6.45) is 10.6. The highest BCUT2D eigenvalue weighted by atomic mass is 16.5. The minimum Gasteiger partial charge on any atom is -0.376 e. The largest absolute Gasteiger partial charge is 0.376 e. The lowest BCUT2D eigenvalue weighted by atomic mass is 9.84. The maximum Gasteiger partial charge on any atom is 0.0578 e. The van der Waals surface area contributed by atoms with Gasteiger partial charge in [0.2, 0.25) is 0 Å². The van der Waals surface area contributed by atoms with Crippen LogP contribution in [0.4, 0.5) is 0 Å². The fourth-order valence-corrected chi connectivity index (χ4v) is 4.15. The zero-order valence-corrected chi connectivity index (χ0v) is 14.8. The number of ether oxygens (including phenoxy) is 1. The maximum atomic E-state index is 5.95. The standard InChI is InChI=1S/C19H37NO/c1-15(2)18-11-13-20(14-18)12-5-6-17-7-9-19(10-8-17)21-16(3)4/h15-19H,5-14H2,1-4H3. The van der Waals surface area contributed by atoms with Gasteiger partial charge in [-0.15, -0.1) is 0 Å². The van der Waals surface area contributed by atoms with E-state index in [-0.39, 0.29) is 0 Å². The predicted molar refractivity (Wildman–Crippen MR) is 90.6 cm³/mol. The lowest BCUT2D eigenvalue weighted by Crippen LogP contribution is -2.26. The summed E-state index contributed by atoms with van der Waals surface area (Å²) in [5.74, 6) is 2.79. The summed E-state index contributed by atoms with van der Waals surface area (Å²) in [7, 11) is 0. The summed E-state index contributed by atoms with van der Waals surface area (Å²) in [6.45, 7) is 13.1. The van der Waals surface area contributed by atoms with Gasteiger partial charge in [-0.1, -0.05) is 13.8 Å². The number of likely N-dealkylation sites (tertiary alicyclic amines) is 1. The van der Waals surface area contributed by atoms with Crippen LogP contribution < -0.4 is 0 Å². The van der Waals surface area contributed by atoms with Crippen molar-refractivity contribution in [3.63, 3.8) is 0 Å². The summed E-state index contributed by atoms with van der Waals surface area (Å²) in [6, 6.07) is 0. The van der Waals surface area contributed by atoms with E-state index in [0.717, 1.165) is 17.8 Å². The molecule has 1 saturated heterocycles. The summed E-state index contributed by atoms with van der Waals surface area (Å²) >= 11 is 0. The third-order valence-electron chi connectivity index (χ3n) is 5.60. The van der Waals surface area contributed by atoms with Gasteiger partial charge in [0.05, 0.1) is 12.2 Å². The number of nitrogens with zero attached hydrogens (tertiary/aromatic N) is 1. The Kier molecular flexibility index (Phi) is 7.01. The van der Waals surface area contributed by atoms with Gasteiger partial charge in [0.15, 0.2) is 0 Å². The number of hydrogen-bond acceptors (Lipinski definition) is 2. The molecule has 1 aliphatic carbocycles. The van der Waals surface area contributed by atoms with Crippen LogP contribution in [0, 0.1) is 17.8 Å². The monoisotopic (exact) mass is 295 g/mol. The van der Waals surface area contributed by atoms with Crippen molar-refractivity contribution < 1.29 is 4.74 Å². The molecule has 0 aromatic carbocycles. The minimum absolute atomic E-state index is 0.399. The summed E-state index contributed by atoms with van der Waals surface area (Å²) in [4.78, 5) is 2.71. The normalized spacial score (nSPS) is 31.4. The molecule has 0 N–H and O–H groups in total. The van der Waals surface area contributed by atoms with Crippen LogP contribution in [-0.2, 0) is 4.74 Å². The van der Waals surface area contributed by atoms with E-state index in [1.165, 1.54) is 64.6 Å². The van der Waals surface area contributed by atoms with Crippen LogP contribution in [0.15, 0.2) is 0 Å². The second-order valence-electron chi connectivity index (χ2n) is 8.06. The highest BCUT2D eigenvalue weighted by Gasteiger charge is 2.25. The van der Waals surface area contributed by atoms with Crippen molar-refractivity contribution in [3.8, 4) is 0 Å². The minimum atomic E-state index is 0.399. The molecule has 2 nitrogen and oxygen atoms in total. The van der Waals surface area contributed by atoms with E-state index in [1.807, 2.05) is 0 Å². The van der Waals surface area contributed by atoms with Gasteiger partial charge in [0.1, 0.15) is 0 Å². The number of rotatable bonds is 7. The first-order valence-electron chi connectivity index (χ1n) is 9.42. The molecular weight excluding hydrogens is 258 g/mol. The summed E-state index contributed by atoms with van der Waals surface area (Å²) in [5, 5.41) is 0. The number of hydrogen-bond donors (Lipinski definition) is 0. The molecule has 1 heterocycles. The van der Waals surface area contributed by atoms with Crippen LogP contribution in [-0.4, -0.2) is 36.7 Å². The molecule has 1 unspecified atom stereocenters. The second-order valence-corrected chi connectivity index (χ2v) is 8.06. The zero-order valence-electron chi connectivity index (χ0n) is 14.8. The average molecular weight is 296 g/mol. The van der Waals surface area contributed by atoms with Crippen molar-refractivity contribution in [2.75, 3.05) is 19.6 Å². The topological polar surface area (TPSA) is 12.5 Å². The molecule has 0 bridgehead atoms. The van der Waals surface area contributed by atoms with Crippen molar-refractivity contribution in [2.24, 2.45) is 17.8 Å². The van der Waals surface area contributed by atoms with Crippen LogP contribution in [0.25, 0.3) is 0 Å². The molecule has 0 spiro atoms. The molecule has 2 heteroatoms. The first kappa shape index (κ1) is 17.3. The third-order valence-corrected chi connectivity index (χ3v) is 5.60. The van der Waals surface area contributed by atoms with Crippen molar-refractivity contribution in [3.05, 3.63) is 0 Å². The Bertz CT molecular complexity index is 281. The Hall–Kier alpha value is -0.0800. The fourth-order valence-electron chi connectivity index (χ4n) is 4.15. The molecule has 2 aliphatic rings. The van der Waals surface area contributed by atoms with E-state index in [1.54, 1.807) is 0 Å². The van der Waals surface area contributed by atoms with Gasteiger partial charge in [0.25, 0.3) is 0 Å². The van der Waals surface area contributed by atoms with Crippen LogP contribution in [0.5, 0.6) is 0 Å². The molecule has 0 radical (unpaired) electrons. The van der Waals surface area contributed by atoms with Crippen LogP contribution >= 0.6 is 0 Å². The first-order valence-corrected chi connectivity index (χ1v) is 9.42. The Labute approximate surface area is 132 Å². The van der Waals surface area contributed by atoms with Crippen molar-refractivity contribution in [2.45, 2.75) is 84.8 Å². The SMILES string of the molecule is CC(C)OC1CCC(CCCN2CCC(C(C)C)C2)CC1. The fraction of sp³-hybridized carbons (Fsp3) is 1.00. The van der Waals surface area contributed by atoms with Crippen molar-refractivity contribution in [1.82, 2.24) is 4.90 Å². The van der Waals surface area contributed by atoms with Crippen LogP contribution in [0.1, 0.15) is 72.6 Å². The second kappa shape index (κ2) is 8.53. The zero-order chi connectivity index (χ0) is 15.2. The van der Waals surface area contributed by atoms with Gasteiger partial charge in [-0.2, -0.15) is 0 Å². The average Bonchev–Trinajstić information content (AvgIpc) is 2.89. The highest BCUT2D eigenvalue weighted by Crippen LogP contribution is 2.30. The first-order chi connectivity index (χ1) is 10.0. The lowest BCUT2D eigenvalue weighted by Gasteiger charge is -2.30. The Morgan fingerprint density at radius 2 is 1.71 bits per heavy atom. The molecule has 2 rings (SSSR count). The third kappa shape index (κ3) is 5.90. The van der Waals surface area contributed by atoms with E-state index in [2.05, 4.69) is 32.6 Å². The quantitative estimate of drug-likeness (QED) is 0.673.